The van der Waals surface area contributed by atoms with Crippen molar-refractivity contribution < 1.29 is 0 Å². The van der Waals surface area contributed by atoms with E-state index in [0.717, 1.165) is 16.9 Å². The molecule has 16 heavy (non-hydrogen) atoms. The third kappa shape index (κ3) is 11.8. The SMILES string of the molecule is C=C(C)\C=C/C(=N\SI)C(/C)=C\N.CNC. The summed E-state index contributed by atoms with van der Waals surface area (Å²) in [5, 5.41) is 2.75. The van der Waals surface area contributed by atoms with E-state index in [2.05, 4.69) is 37.5 Å². The summed E-state index contributed by atoms with van der Waals surface area (Å²) in [7, 11) is 5.14. The normalized spacial score (nSPS) is 12.3. The number of nitrogens with one attached hydrogen (secondary N) is 1. The van der Waals surface area contributed by atoms with Gasteiger partial charge in [0.2, 0.25) is 0 Å². The standard InChI is InChI=1S/C9H13IN2S.C2H7N/c1-7(2)4-5-9(12-13-10)8(3)6-11;1-3-2/h4-6H,1,11H2,2-3H3;3H,1-2H3/b5-4-,8-6-,12-9+;. The Morgan fingerprint density at radius 3 is 2.19 bits per heavy atom. The molecule has 3 N–H and O–H groups in total. The van der Waals surface area contributed by atoms with Crippen molar-refractivity contribution in [2.24, 2.45) is 10.1 Å². The average Bonchev–Trinajstić information content (AvgIpc) is 2.24. The Morgan fingerprint density at radius 2 is 1.88 bits per heavy atom. The molecule has 0 rings (SSSR count). The fourth-order valence-corrected chi connectivity index (χ4v) is 1.49. The highest BCUT2D eigenvalue weighted by Crippen LogP contribution is 2.15. The quantitative estimate of drug-likeness (QED) is 0.353. The third-order valence-corrected chi connectivity index (χ3v) is 2.17. The van der Waals surface area contributed by atoms with Crippen molar-refractivity contribution in [3.05, 3.63) is 36.1 Å². The molecule has 0 unspecified atom stereocenters. The van der Waals surface area contributed by atoms with Gasteiger partial charge in [-0.3, -0.25) is 0 Å². The highest BCUT2D eigenvalue weighted by Gasteiger charge is 1.96. The number of allylic oxidation sites excluding steroid dienone is 4. The van der Waals surface area contributed by atoms with E-state index in [-0.39, 0.29) is 0 Å². The molecule has 0 aromatic carbocycles. The molecule has 92 valence electrons. The van der Waals surface area contributed by atoms with Crippen molar-refractivity contribution in [1.82, 2.24) is 5.32 Å². The van der Waals surface area contributed by atoms with Crippen molar-refractivity contribution >= 4 is 36.0 Å². The zero-order valence-electron chi connectivity index (χ0n) is 10.2. The Morgan fingerprint density at radius 1 is 1.38 bits per heavy atom. The molecular weight excluding hydrogens is 333 g/mol. The molecule has 0 atom stereocenters. The lowest BCUT2D eigenvalue weighted by Crippen LogP contribution is -1.97. The molecule has 0 aromatic heterocycles. The van der Waals surface area contributed by atoms with Crippen LogP contribution in [0.25, 0.3) is 0 Å². The van der Waals surface area contributed by atoms with Crippen LogP contribution < -0.4 is 11.1 Å². The Hall–Kier alpha value is -0.270. The van der Waals surface area contributed by atoms with Crippen LogP contribution in [-0.4, -0.2) is 19.8 Å². The van der Waals surface area contributed by atoms with Crippen LogP contribution in [0.5, 0.6) is 0 Å². The molecule has 0 amide bonds. The number of hydrogen-bond donors (Lipinski definition) is 2. The first-order chi connectivity index (χ1) is 7.53. The molecule has 0 saturated carbocycles. The van der Waals surface area contributed by atoms with Crippen LogP contribution in [0.1, 0.15) is 13.8 Å². The van der Waals surface area contributed by atoms with Gasteiger partial charge in [0.05, 0.1) is 5.71 Å². The van der Waals surface area contributed by atoms with Crippen LogP contribution in [0, 0.1) is 0 Å². The van der Waals surface area contributed by atoms with Crippen LogP contribution >= 0.6 is 30.3 Å². The van der Waals surface area contributed by atoms with E-state index in [1.54, 1.807) is 6.20 Å². The van der Waals surface area contributed by atoms with E-state index in [4.69, 9.17) is 5.73 Å². The van der Waals surface area contributed by atoms with Gasteiger partial charge in [0, 0.05) is 30.3 Å². The Labute approximate surface area is 115 Å². The Balaban J connectivity index is 0. The van der Waals surface area contributed by atoms with Gasteiger partial charge in [0.15, 0.2) is 0 Å². The summed E-state index contributed by atoms with van der Waals surface area (Å²) in [6.07, 6.45) is 5.37. The van der Waals surface area contributed by atoms with Crippen molar-refractivity contribution in [3.8, 4) is 0 Å². The average molecular weight is 353 g/mol. The Kier molecular flexibility index (Phi) is 14.5. The van der Waals surface area contributed by atoms with E-state index >= 15 is 0 Å². The molecule has 0 fully saturated rings. The first-order valence-electron chi connectivity index (χ1n) is 4.70. The van der Waals surface area contributed by atoms with E-state index in [0.29, 0.717) is 0 Å². The second-order valence-electron chi connectivity index (χ2n) is 3.07. The van der Waals surface area contributed by atoms with Gasteiger partial charge in [0.1, 0.15) is 0 Å². The molecular formula is C11H20IN3S. The molecule has 0 aliphatic rings. The molecule has 0 aliphatic heterocycles. The molecule has 0 saturated heterocycles. The summed E-state index contributed by atoms with van der Waals surface area (Å²) in [6.45, 7) is 7.63. The summed E-state index contributed by atoms with van der Waals surface area (Å²) in [5.74, 6) is 0. The monoisotopic (exact) mass is 353 g/mol. The topological polar surface area (TPSA) is 50.4 Å². The number of nitrogens with two attached hydrogens (primary N) is 1. The lowest BCUT2D eigenvalue weighted by atomic mass is 10.1. The highest BCUT2D eigenvalue weighted by molar-refractivity contribution is 14.2. The van der Waals surface area contributed by atoms with Crippen LogP contribution in [0.4, 0.5) is 0 Å². The molecule has 0 heterocycles. The summed E-state index contributed by atoms with van der Waals surface area (Å²) >= 11 is 2.11. The van der Waals surface area contributed by atoms with Crippen molar-refractivity contribution in [3.63, 3.8) is 0 Å². The molecule has 0 spiro atoms. The maximum absolute atomic E-state index is 5.40. The highest BCUT2D eigenvalue weighted by atomic mass is 127. The van der Waals surface area contributed by atoms with Crippen LogP contribution in [0.15, 0.2) is 40.5 Å². The van der Waals surface area contributed by atoms with E-state index in [1.807, 2.05) is 40.1 Å². The summed E-state index contributed by atoms with van der Waals surface area (Å²) < 4.78 is 4.21. The first-order valence-corrected chi connectivity index (χ1v) is 8.01. The minimum atomic E-state index is 0.880. The Bertz CT molecular complexity index is 283. The zero-order chi connectivity index (χ0) is 13.0. The van der Waals surface area contributed by atoms with Gasteiger partial charge >= 0.3 is 0 Å². The smallest absolute Gasteiger partial charge is 0.0765 e. The number of nitrogens with zero attached hydrogens (tertiary/aromatic N) is 1. The van der Waals surface area contributed by atoms with Crippen molar-refractivity contribution in [2.75, 3.05) is 14.1 Å². The first kappa shape index (κ1) is 18.1. The van der Waals surface area contributed by atoms with Crippen LogP contribution in [0.3, 0.4) is 0 Å². The predicted octanol–water partition coefficient (Wildman–Crippen LogP) is 3.26. The summed E-state index contributed by atoms with van der Waals surface area (Å²) in [4.78, 5) is 0. The fourth-order valence-electron chi connectivity index (χ4n) is 0.578. The molecule has 0 aliphatic carbocycles. The number of rotatable bonds is 4. The van der Waals surface area contributed by atoms with Crippen LogP contribution in [0.2, 0.25) is 0 Å². The predicted molar refractivity (Wildman–Crippen MR) is 85.9 cm³/mol. The van der Waals surface area contributed by atoms with Crippen molar-refractivity contribution in [2.45, 2.75) is 13.8 Å². The van der Waals surface area contributed by atoms with Gasteiger partial charge in [-0.2, -0.15) is 0 Å². The summed E-state index contributed by atoms with van der Waals surface area (Å²) in [5.41, 5.74) is 8.23. The minimum absolute atomic E-state index is 0.880. The number of halogens is 1. The largest absolute Gasteiger partial charge is 0.404 e. The van der Waals surface area contributed by atoms with Crippen molar-refractivity contribution in [1.29, 1.82) is 0 Å². The second-order valence-corrected chi connectivity index (χ2v) is 4.58. The van der Waals surface area contributed by atoms with Crippen LogP contribution in [-0.2, 0) is 0 Å². The van der Waals surface area contributed by atoms with Gasteiger partial charge < -0.3 is 11.1 Å². The van der Waals surface area contributed by atoms with Gasteiger partial charge in [-0.25, -0.2) is 4.40 Å². The van der Waals surface area contributed by atoms with Gasteiger partial charge in [-0.15, -0.1) is 0 Å². The minimum Gasteiger partial charge on any atom is -0.404 e. The molecule has 5 heteroatoms. The lowest BCUT2D eigenvalue weighted by Gasteiger charge is -1.98. The van der Waals surface area contributed by atoms with Gasteiger partial charge in [0.25, 0.3) is 0 Å². The molecule has 0 radical (unpaired) electrons. The van der Waals surface area contributed by atoms with E-state index in [1.165, 1.54) is 9.12 Å². The van der Waals surface area contributed by atoms with Gasteiger partial charge in [-0.05, 0) is 45.8 Å². The fraction of sp³-hybridized carbons (Fsp3) is 0.364. The number of hydrogen-bond acceptors (Lipinski definition) is 4. The molecule has 0 aromatic rings. The van der Waals surface area contributed by atoms with E-state index < -0.39 is 0 Å². The maximum atomic E-state index is 5.40. The summed E-state index contributed by atoms with van der Waals surface area (Å²) in [6, 6.07) is 0. The second kappa shape index (κ2) is 12.8. The molecule has 0 bridgehead atoms. The molecule has 3 nitrogen and oxygen atoms in total. The van der Waals surface area contributed by atoms with Gasteiger partial charge in [-0.1, -0.05) is 18.2 Å². The van der Waals surface area contributed by atoms with E-state index in [9.17, 15) is 0 Å². The maximum Gasteiger partial charge on any atom is 0.0765 e. The zero-order valence-corrected chi connectivity index (χ0v) is 13.2. The third-order valence-electron chi connectivity index (χ3n) is 1.31. The lowest BCUT2D eigenvalue weighted by molar-refractivity contribution is 1.02.